The molecule has 1 saturated heterocycles. The van der Waals surface area contributed by atoms with Gasteiger partial charge in [0.25, 0.3) is 5.91 Å². The summed E-state index contributed by atoms with van der Waals surface area (Å²) in [7, 11) is 0. The lowest BCUT2D eigenvalue weighted by atomic mass is 10.0. The Morgan fingerprint density at radius 2 is 2.00 bits per heavy atom. The number of carbonyl (C=O) groups excluding carboxylic acids is 2. The SMILES string of the molecule is O=C(CN1C=CN2NC(c3ccc4c(c3)OCO4)CC2C1=O)Nc1ccccc1Cl. The number of amides is 2. The van der Waals surface area contributed by atoms with E-state index in [9.17, 15) is 9.59 Å². The summed E-state index contributed by atoms with van der Waals surface area (Å²) in [6.07, 6.45) is 3.97. The number of fused-ring (bicyclic) bond motifs is 2. The standard InChI is InChI=1S/C21H19ClN4O4/c22-14-3-1-2-4-15(14)23-20(27)11-25-7-8-26-17(21(25)28)10-16(24-26)13-5-6-18-19(9-13)30-12-29-18/h1-9,16-17,24H,10-12H2,(H,23,27). The highest BCUT2D eigenvalue weighted by Crippen LogP contribution is 2.37. The van der Waals surface area contributed by atoms with Gasteiger partial charge >= 0.3 is 0 Å². The van der Waals surface area contributed by atoms with Crippen LogP contribution in [0.3, 0.4) is 0 Å². The van der Waals surface area contributed by atoms with Crippen molar-refractivity contribution in [3.63, 3.8) is 0 Å². The fourth-order valence-electron chi connectivity index (χ4n) is 3.82. The minimum absolute atomic E-state index is 0.0463. The van der Waals surface area contributed by atoms with Crippen LogP contribution in [0.25, 0.3) is 0 Å². The monoisotopic (exact) mass is 426 g/mol. The minimum atomic E-state index is -0.390. The number of anilines is 1. The van der Waals surface area contributed by atoms with Crippen molar-refractivity contribution >= 4 is 29.1 Å². The van der Waals surface area contributed by atoms with E-state index in [4.69, 9.17) is 21.1 Å². The molecule has 154 valence electrons. The first kappa shape index (κ1) is 18.8. The van der Waals surface area contributed by atoms with Gasteiger partial charge in [-0.05, 0) is 36.2 Å². The number of nitrogens with one attached hydrogen (secondary N) is 2. The molecule has 3 aliphatic heterocycles. The van der Waals surface area contributed by atoms with Crippen LogP contribution >= 0.6 is 11.6 Å². The zero-order valence-corrected chi connectivity index (χ0v) is 16.6. The summed E-state index contributed by atoms with van der Waals surface area (Å²) >= 11 is 6.08. The maximum absolute atomic E-state index is 13.0. The predicted molar refractivity (Wildman–Crippen MR) is 110 cm³/mol. The summed E-state index contributed by atoms with van der Waals surface area (Å²) < 4.78 is 10.8. The van der Waals surface area contributed by atoms with Crippen LogP contribution < -0.4 is 20.2 Å². The number of hydrogen-bond donors (Lipinski definition) is 2. The minimum Gasteiger partial charge on any atom is -0.454 e. The van der Waals surface area contributed by atoms with Crippen LogP contribution in [0, 0.1) is 0 Å². The molecular formula is C21H19ClN4O4. The Kier molecular flexibility index (Phi) is 4.72. The van der Waals surface area contributed by atoms with Gasteiger partial charge in [-0.2, -0.15) is 0 Å². The van der Waals surface area contributed by atoms with E-state index in [2.05, 4.69) is 10.7 Å². The number of nitrogens with zero attached hydrogens (tertiary/aromatic N) is 2. The number of ether oxygens (including phenoxy) is 2. The van der Waals surface area contributed by atoms with Gasteiger partial charge in [-0.1, -0.05) is 29.8 Å². The van der Waals surface area contributed by atoms with Gasteiger partial charge in [0.15, 0.2) is 11.5 Å². The second-order valence-corrected chi connectivity index (χ2v) is 7.65. The van der Waals surface area contributed by atoms with Crippen LogP contribution in [-0.2, 0) is 9.59 Å². The van der Waals surface area contributed by atoms with Gasteiger partial charge in [0.2, 0.25) is 12.7 Å². The second-order valence-electron chi connectivity index (χ2n) is 7.25. The van der Waals surface area contributed by atoms with E-state index in [0.717, 1.165) is 11.3 Å². The fourth-order valence-corrected chi connectivity index (χ4v) is 4.00. The zero-order valence-electron chi connectivity index (χ0n) is 15.9. The molecule has 8 nitrogen and oxygen atoms in total. The number of rotatable bonds is 4. The number of para-hydroxylation sites is 1. The molecular weight excluding hydrogens is 408 g/mol. The Bertz CT molecular complexity index is 1040. The maximum atomic E-state index is 13.0. The molecule has 2 N–H and O–H groups in total. The van der Waals surface area contributed by atoms with Crippen molar-refractivity contribution in [1.29, 1.82) is 0 Å². The van der Waals surface area contributed by atoms with Gasteiger partial charge in [0.05, 0.1) is 16.8 Å². The van der Waals surface area contributed by atoms with Crippen LogP contribution in [0.2, 0.25) is 5.02 Å². The van der Waals surface area contributed by atoms with Crippen molar-refractivity contribution in [3.8, 4) is 11.5 Å². The highest BCUT2D eigenvalue weighted by Gasteiger charge is 2.40. The first-order chi connectivity index (χ1) is 14.6. The molecule has 0 bridgehead atoms. The summed E-state index contributed by atoms with van der Waals surface area (Å²) in [6, 6.07) is 12.3. The fraction of sp³-hybridized carbons (Fsp3) is 0.238. The van der Waals surface area contributed by atoms with Gasteiger partial charge in [-0.25, -0.2) is 5.43 Å². The Morgan fingerprint density at radius 1 is 1.17 bits per heavy atom. The first-order valence-electron chi connectivity index (χ1n) is 9.56. The van der Waals surface area contributed by atoms with Crippen molar-refractivity contribution in [1.82, 2.24) is 15.3 Å². The van der Waals surface area contributed by atoms with Crippen molar-refractivity contribution in [3.05, 3.63) is 65.5 Å². The van der Waals surface area contributed by atoms with E-state index in [0.29, 0.717) is 22.9 Å². The van der Waals surface area contributed by atoms with Crippen molar-refractivity contribution < 1.29 is 19.1 Å². The average molecular weight is 427 g/mol. The zero-order chi connectivity index (χ0) is 20.7. The van der Waals surface area contributed by atoms with Crippen LogP contribution in [0.4, 0.5) is 5.69 Å². The van der Waals surface area contributed by atoms with Crippen LogP contribution in [-0.4, -0.2) is 41.1 Å². The summed E-state index contributed by atoms with van der Waals surface area (Å²) in [6.45, 7) is 0.137. The molecule has 0 spiro atoms. The number of benzene rings is 2. The molecule has 2 aromatic carbocycles. The van der Waals surface area contributed by atoms with Crippen LogP contribution in [0.1, 0.15) is 18.0 Å². The molecule has 2 amide bonds. The highest BCUT2D eigenvalue weighted by atomic mass is 35.5. The quantitative estimate of drug-likeness (QED) is 0.782. The summed E-state index contributed by atoms with van der Waals surface area (Å²) in [5, 5.41) is 4.98. The lowest BCUT2D eigenvalue weighted by Gasteiger charge is -2.31. The van der Waals surface area contributed by atoms with Gasteiger partial charge in [0, 0.05) is 12.4 Å². The molecule has 30 heavy (non-hydrogen) atoms. The molecule has 3 aliphatic rings. The van der Waals surface area contributed by atoms with Crippen molar-refractivity contribution in [2.75, 3.05) is 18.7 Å². The number of halogens is 1. The van der Waals surface area contributed by atoms with Gasteiger partial charge in [-0.3, -0.25) is 9.59 Å². The van der Waals surface area contributed by atoms with E-state index >= 15 is 0 Å². The Morgan fingerprint density at radius 3 is 2.87 bits per heavy atom. The molecule has 2 atom stereocenters. The molecule has 2 aromatic rings. The van der Waals surface area contributed by atoms with E-state index in [1.54, 1.807) is 41.7 Å². The number of hydrogen-bond acceptors (Lipinski definition) is 6. The molecule has 3 heterocycles. The lowest BCUT2D eigenvalue weighted by molar-refractivity contribution is -0.137. The Hall–Kier alpha value is -3.23. The average Bonchev–Trinajstić information content (AvgIpc) is 3.38. The lowest BCUT2D eigenvalue weighted by Crippen LogP contribution is -2.49. The third-order valence-corrected chi connectivity index (χ3v) is 5.67. The van der Waals surface area contributed by atoms with Crippen LogP contribution in [0.15, 0.2) is 54.9 Å². The van der Waals surface area contributed by atoms with E-state index in [-0.39, 0.29) is 31.2 Å². The molecule has 5 rings (SSSR count). The third kappa shape index (κ3) is 3.44. The number of carbonyl (C=O) groups is 2. The van der Waals surface area contributed by atoms with E-state index < -0.39 is 6.04 Å². The topological polar surface area (TPSA) is 83.1 Å². The highest BCUT2D eigenvalue weighted by molar-refractivity contribution is 6.33. The smallest absolute Gasteiger partial charge is 0.251 e. The van der Waals surface area contributed by atoms with Gasteiger partial charge < -0.3 is 24.7 Å². The molecule has 2 unspecified atom stereocenters. The third-order valence-electron chi connectivity index (χ3n) is 5.34. The summed E-state index contributed by atoms with van der Waals surface area (Å²) in [5.74, 6) is 0.982. The van der Waals surface area contributed by atoms with E-state index in [1.807, 2.05) is 18.2 Å². The Balaban J connectivity index is 1.25. The summed E-state index contributed by atoms with van der Waals surface area (Å²) in [5.41, 5.74) is 4.87. The van der Waals surface area contributed by atoms with Crippen molar-refractivity contribution in [2.24, 2.45) is 0 Å². The van der Waals surface area contributed by atoms with Crippen LogP contribution in [0.5, 0.6) is 11.5 Å². The predicted octanol–water partition coefficient (Wildman–Crippen LogP) is 2.64. The van der Waals surface area contributed by atoms with Crippen molar-refractivity contribution in [2.45, 2.75) is 18.5 Å². The molecule has 0 aliphatic carbocycles. The van der Waals surface area contributed by atoms with E-state index in [1.165, 1.54) is 4.90 Å². The molecule has 9 heteroatoms. The number of hydrazine groups is 1. The summed E-state index contributed by atoms with van der Waals surface area (Å²) in [4.78, 5) is 26.8. The molecule has 0 saturated carbocycles. The molecule has 0 aromatic heterocycles. The second kappa shape index (κ2) is 7.55. The first-order valence-corrected chi connectivity index (χ1v) is 9.93. The van der Waals surface area contributed by atoms with Gasteiger partial charge in [0.1, 0.15) is 12.6 Å². The maximum Gasteiger partial charge on any atom is 0.251 e. The van der Waals surface area contributed by atoms with Gasteiger partial charge in [-0.15, -0.1) is 0 Å². The largest absolute Gasteiger partial charge is 0.454 e. The normalized spacial score (nSPS) is 21.7. The Labute approximate surface area is 178 Å². The molecule has 1 fully saturated rings. The molecule has 0 radical (unpaired) electrons.